The van der Waals surface area contributed by atoms with Crippen molar-refractivity contribution in [1.29, 1.82) is 0 Å². The summed E-state index contributed by atoms with van der Waals surface area (Å²) in [5, 5.41) is 5.35. The van der Waals surface area contributed by atoms with Gasteiger partial charge in [0.15, 0.2) is 0 Å². The van der Waals surface area contributed by atoms with E-state index in [2.05, 4.69) is 15.4 Å². The molecule has 0 heterocycles. The number of rotatable bonds is 8. The third-order valence-electron chi connectivity index (χ3n) is 3.94. The Bertz CT molecular complexity index is 839. The van der Waals surface area contributed by atoms with Crippen LogP contribution >= 0.6 is 0 Å². The first kappa shape index (κ1) is 22.2. The molecule has 2 rings (SSSR count). The van der Waals surface area contributed by atoms with Gasteiger partial charge >= 0.3 is 6.36 Å². The van der Waals surface area contributed by atoms with Crippen LogP contribution in [0, 0.1) is 6.92 Å². The molecule has 29 heavy (non-hydrogen) atoms. The van der Waals surface area contributed by atoms with Crippen molar-refractivity contribution < 1.29 is 27.5 Å². The van der Waals surface area contributed by atoms with E-state index in [0.29, 0.717) is 12.2 Å². The summed E-state index contributed by atoms with van der Waals surface area (Å²) in [6, 6.07) is 12.5. The molecule has 2 aromatic carbocycles. The Balaban J connectivity index is 1.75. The maximum absolute atomic E-state index is 12.1. The number of nitrogens with one attached hydrogen (secondary N) is 2. The topological polar surface area (TPSA) is 70.7 Å². The summed E-state index contributed by atoms with van der Waals surface area (Å²) in [6.07, 6.45) is -4.77. The van der Waals surface area contributed by atoms with Gasteiger partial charge in [0, 0.05) is 12.2 Å². The van der Waals surface area contributed by atoms with Crippen LogP contribution in [0.25, 0.3) is 0 Å². The third-order valence-corrected chi connectivity index (χ3v) is 3.94. The van der Waals surface area contributed by atoms with Crippen molar-refractivity contribution in [2.45, 2.75) is 19.8 Å². The highest BCUT2D eigenvalue weighted by Crippen LogP contribution is 2.23. The molecule has 6 nitrogen and oxygen atoms in total. The Labute approximate surface area is 166 Å². The summed E-state index contributed by atoms with van der Waals surface area (Å²) < 4.78 is 40.2. The number of carbonyl (C=O) groups excluding carboxylic acids is 2. The molecule has 0 spiro atoms. The fourth-order valence-electron chi connectivity index (χ4n) is 2.54. The van der Waals surface area contributed by atoms with Crippen molar-refractivity contribution in [2.24, 2.45) is 0 Å². The number of anilines is 1. The first-order valence-corrected chi connectivity index (χ1v) is 8.78. The van der Waals surface area contributed by atoms with E-state index in [1.165, 1.54) is 17.0 Å². The molecule has 0 aliphatic rings. The molecule has 0 aliphatic carbocycles. The van der Waals surface area contributed by atoms with Crippen LogP contribution in [0.3, 0.4) is 0 Å². The summed E-state index contributed by atoms with van der Waals surface area (Å²) >= 11 is 0. The Hall–Kier alpha value is -3.07. The van der Waals surface area contributed by atoms with E-state index >= 15 is 0 Å². The molecule has 2 amide bonds. The maximum atomic E-state index is 12.1. The number of hydrogen-bond acceptors (Lipinski definition) is 4. The summed E-state index contributed by atoms with van der Waals surface area (Å²) in [6.45, 7) is 2.33. The fraction of sp³-hybridized carbons (Fsp3) is 0.300. The maximum Gasteiger partial charge on any atom is 0.573 e. The molecule has 0 radical (unpaired) electrons. The fourth-order valence-corrected chi connectivity index (χ4v) is 2.54. The van der Waals surface area contributed by atoms with E-state index in [4.69, 9.17) is 0 Å². The lowest BCUT2D eigenvalue weighted by Crippen LogP contribution is -2.38. The van der Waals surface area contributed by atoms with Gasteiger partial charge in [-0.15, -0.1) is 13.2 Å². The number of amides is 2. The number of likely N-dealkylation sites (N-methyl/N-ethyl adjacent to an activating group) is 1. The molecule has 2 N–H and O–H groups in total. The average Bonchev–Trinajstić information content (AvgIpc) is 2.61. The third kappa shape index (κ3) is 8.22. The predicted octanol–water partition coefficient (Wildman–Crippen LogP) is 3.08. The van der Waals surface area contributed by atoms with E-state index in [1.54, 1.807) is 7.05 Å². The van der Waals surface area contributed by atoms with Crippen LogP contribution in [0.15, 0.2) is 48.5 Å². The molecule has 0 saturated carbocycles. The number of hydrogen-bond donors (Lipinski definition) is 2. The van der Waals surface area contributed by atoms with Crippen molar-refractivity contribution in [3.8, 4) is 5.75 Å². The average molecular weight is 409 g/mol. The smallest absolute Gasteiger partial charge is 0.406 e. The number of carbonyl (C=O) groups is 2. The number of ether oxygens (including phenoxy) is 1. The van der Waals surface area contributed by atoms with E-state index in [-0.39, 0.29) is 24.7 Å². The minimum Gasteiger partial charge on any atom is -0.406 e. The second kappa shape index (κ2) is 9.92. The van der Waals surface area contributed by atoms with Gasteiger partial charge in [-0.2, -0.15) is 0 Å². The SMILES string of the molecule is Cc1ccccc1CNC(=O)CN(C)CC(=O)Nc1ccc(OC(F)(F)F)cc1. The van der Waals surface area contributed by atoms with Crippen molar-refractivity contribution in [3.63, 3.8) is 0 Å². The Morgan fingerprint density at radius 3 is 2.24 bits per heavy atom. The molecule has 156 valence electrons. The standard InChI is InChI=1S/C20H22F3N3O3/c1-14-5-3-4-6-15(14)11-24-18(27)12-26(2)13-19(28)25-16-7-9-17(10-8-16)29-20(21,22)23/h3-10H,11-13H2,1-2H3,(H,24,27)(H,25,28). The summed E-state index contributed by atoms with van der Waals surface area (Å²) in [5.74, 6) is -1.00. The Kier molecular flexibility index (Phi) is 7.60. The van der Waals surface area contributed by atoms with Crippen LogP contribution in [0.4, 0.5) is 18.9 Å². The molecule has 0 aliphatic heterocycles. The van der Waals surface area contributed by atoms with E-state index in [1.807, 2.05) is 31.2 Å². The molecular weight excluding hydrogens is 387 g/mol. The molecule has 0 bridgehead atoms. The highest BCUT2D eigenvalue weighted by Gasteiger charge is 2.30. The molecular formula is C20H22F3N3O3. The summed E-state index contributed by atoms with van der Waals surface area (Å²) in [4.78, 5) is 25.6. The van der Waals surface area contributed by atoms with Crippen LogP contribution < -0.4 is 15.4 Å². The molecule has 0 fully saturated rings. The molecule has 0 unspecified atom stereocenters. The summed E-state index contributed by atoms with van der Waals surface area (Å²) in [7, 11) is 1.62. The van der Waals surface area contributed by atoms with Gasteiger partial charge in [-0.3, -0.25) is 14.5 Å². The van der Waals surface area contributed by atoms with Gasteiger partial charge in [0.25, 0.3) is 0 Å². The molecule has 0 saturated heterocycles. The minimum atomic E-state index is -4.77. The lowest BCUT2D eigenvalue weighted by molar-refractivity contribution is -0.274. The van der Waals surface area contributed by atoms with Crippen LogP contribution in [-0.4, -0.2) is 43.2 Å². The van der Waals surface area contributed by atoms with Gasteiger partial charge in [-0.05, 0) is 49.4 Å². The summed E-state index contributed by atoms with van der Waals surface area (Å²) in [5.41, 5.74) is 2.41. The van der Waals surface area contributed by atoms with Crippen LogP contribution in [0.1, 0.15) is 11.1 Å². The largest absolute Gasteiger partial charge is 0.573 e. The lowest BCUT2D eigenvalue weighted by atomic mass is 10.1. The second-order valence-corrected chi connectivity index (χ2v) is 6.50. The number of aryl methyl sites for hydroxylation is 1. The van der Waals surface area contributed by atoms with Crippen LogP contribution in [-0.2, 0) is 16.1 Å². The van der Waals surface area contributed by atoms with Crippen molar-refractivity contribution >= 4 is 17.5 Å². The second-order valence-electron chi connectivity index (χ2n) is 6.50. The highest BCUT2D eigenvalue weighted by molar-refractivity contribution is 5.92. The predicted molar refractivity (Wildman–Crippen MR) is 102 cm³/mol. The Morgan fingerprint density at radius 2 is 1.62 bits per heavy atom. The quantitative estimate of drug-likeness (QED) is 0.703. The number of alkyl halides is 3. The minimum absolute atomic E-state index is 0.0255. The van der Waals surface area contributed by atoms with Gasteiger partial charge in [-0.25, -0.2) is 0 Å². The number of benzene rings is 2. The van der Waals surface area contributed by atoms with E-state index in [0.717, 1.165) is 23.3 Å². The van der Waals surface area contributed by atoms with Gasteiger partial charge in [0.1, 0.15) is 5.75 Å². The van der Waals surface area contributed by atoms with Crippen LogP contribution in [0.5, 0.6) is 5.75 Å². The zero-order chi connectivity index (χ0) is 21.4. The molecule has 0 atom stereocenters. The monoisotopic (exact) mass is 409 g/mol. The number of halogens is 3. The van der Waals surface area contributed by atoms with Crippen LogP contribution in [0.2, 0.25) is 0 Å². The van der Waals surface area contributed by atoms with Crippen molar-refractivity contribution in [3.05, 3.63) is 59.7 Å². The van der Waals surface area contributed by atoms with Gasteiger partial charge < -0.3 is 15.4 Å². The zero-order valence-corrected chi connectivity index (χ0v) is 16.0. The first-order valence-electron chi connectivity index (χ1n) is 8.78. The number of nitrogens with zero attached hydrogens (tertiary/aromatic N) is 1. The van der Waals surface area contributed by atoms with Gasteiger partial charge in [0.05, 0.1) is 13.1 Å². The molecule has 0 aromatic heterocycles. The van der Waals surface area contributed by atoms with Crippen molar-refractivity contribution in [2.75, 3.05) is 25.5 Å². The van der Waals surface area contributed by atoms with Crippen molar-refractivity contribution in [1.82, 2.24) is 10.2 Å². The van der Waals surface area contributed by atoms with E-state index < -0.39 is 12.3 Å². The van der Waals surface area contributed by atoms with Gasteiger partial charge in [-0.1, -0.05) is 24.3 Å². The lowest BCUT2D eigenvalue weighted by Gasteiger charge is -2.16. The molecule has 2 aromatic rings. The van der Waals surface area contributed by atoms with Gasteiger partial charge in [0.2, 0.25) is 11.8 Å². The molecule has 9 heteroatoms. The Morgan fingerprint density at radius 1 is 1.00 bits per heavy atom. The highest BCUT2D eigenvalue weighted by atomic mass is 19.4. The first-order chi connectivity index (χ1) is 13.6. The van der Waals surface area contributed by atoms with E-state index in [9.17, 15) is 22.8 Å². The zero-order valence-electron chi connectivity index (χ0n) is 16.0. The normalized spacial score (nSPS) is 11.2.